The average molecular weight is 912 g/mol. The van der Waals surface area contributed by atoms with Gasteiger partial charge in [0.25, 0.3) is 17.7 Å². The number of amides is 6. The molecule has 19 nitrogen and oxygen atoms in total. The van der Waals surface area contributed by atoms with E-state index in [0.717, 1.165) is 99.1 Å². The first-order chi connectivity index (χ1) is 32.6. The van der Waals surface area contributed by atoms with Gasteiger partial charge in [-0.2, -0.15) is 4.98 Å². The van der Waals surface area contributed by atoms with E-state index in [0.29, 0.717) is 49.9 Å². The summed E-state index contributed by atoms with van der Waals surface area (Å²) < 4.78 is 0. The van der Waals surface area contributed by atoms with Gasteiger partial charge >= 0.3 is 6.03 Å². The molecule has 6 amide bonds. The Hall–Kier alpha value is -7.15. The van der Waals surface area contributed by atoms with Crippen molar-refractivity contribution in [2.45, 2.75) is 50.6 Å². The zero-order valence-electron chi connectivity index (χ0n) is 37.8. The highest BCUT2D eigenvalue weighted by molar-refractivity contribution is 6.23. The molecular formula is C48H57N13O6. The quantitative estimate of drug-likeness (QED) is 0.115. The molecule has 4 saturated heterocycles. The summed E-state index contributed by atoms with van der Waals surface area (Å²) in [6, 6.07) is 22.0. The molecule has 5 aliphatic heterocycles. The molecule has 4 aromatic rings. The summed E-state index contributed by atoms with van der Waals surface area (Å²) >= 11 is 0. The number of aldehydes is 1. The van der Waals surface area contributed by atoms with Crippen LogP contribution in [-0.2, 0) is 9.59 Å². The van der Waals surface area contributed by atoms with Gasteiger partial charge in [0.1, 0.15) is 12.3 Å². The van der Waals surface area contributed by atoms with Crippen LogP contribution in [0.5, 0.6) is 0 Å². The molecule has 4 fully saturated rings. The number of aromatic nitrogens is 3. The van der Waals surface area contributed by atoms with Gasteiger partial charge < -0.3 is 40.8 Å². The van der Waals surface area contributed by atoms with Crippen molar-refractivity contribution in [3.8, 4) is 0 Å². The Morgan fingerprint density at radius 1 is 0.776 bits per heavy atom. The molecule has 0 spiro atoms. The van der Waals surface area contributed by atoms with Crippen LogP contribution in [0, 0.1) is 5.92 Å². The van der Waals surface area contributed by atoms with Gasteiger partial charge in [-0.3, -0.25) is 33.9 Å². The first-order valence-electron chi connectivity index (χ1n) is 23.3. The Labute approximate surface area is 389 Å². The van der Waals surface area contributed by atoms with Crippen molar-refractivity contribution in [2.75, 3.05) is 104 Å². The van der Waals surface area contributed by atoms with Crippen molar-refractivity contribution >= 4 is 70.5 Å². The highest BCUT2D eigenvalue weighted by atomic mass is 16.2. The van der Waals surface area contributed by atoms with E-state index in [4.69, 9.17) is 10.7 Å². The zero-order chi connectivity index (χ0) is 46.6. The van der Waals surface area contributed by atoms with Crippen molar-refractivity contribution in [1.82, 2.24) is 35.2 Å². The van der Waals surface area contributed by atoms with Gasteiger partial charge in [-0.1, -0.05) is 18.2 Å². The molecule has 4 N–H and O–H groups in total. The number of anilines is 6. The predicted octanol–water partition coefficient (Wildman–Crippen LogP) is 3.35. The van der Waals surface area contributed by atoms with Crippen molar-refractivity contribution in [3.05, 3.63) is 89.6 Å². The van der Waals surface area contributed by atoms with E-state index in [1.807, 2.05) is 63.2 Å². The lowest BCUT2D eigenvalue weighted by Gasteiger charge is -2.40. The maximum atomic E-state index is 13.5. The lowest BCUT2D eigenvalue weighted by atomic mass is 9.95. The Balaban J connectivity index is 0.754. The SMILES string of the molecule is CNC(=O)C(CCC=O)N1C(=O)c2ccc(N3CCC(CN4CCN(c5ccc(Nc6nc(N7CCCC(N8CCN(c9ccccc9)C8=O)C7)nnc6C(N)=O)cc5)CC4)CC3)cc2C1=O. The first kappa shape index (κ1) is 45.0. The number of primary amides is 1. The number of hydrogen-bond acceptors (Lipinski definition) is 14. The summed E-state index contributed by atoms with van der Waals surface area (Å²) in [5, 5.41) is 14.3. The van der Waals surface area contributed by atoms with E-state index in [1.54, 1.807) is 12.1 Å². The van der Waals surface area contributed by atoms with Gasteiger partial charge in [-0.25, -0.2) is 4.79 Å². The third-order valence-corrected chi connectivity index (χ3v) is 13.8. The van der Waals surface area contributed by atoms with Gasteiger partial charge in [-0.15, -0.1) is 10.2 Å². The normalized spacial score (nSPS) is 19.8. The summed E-state index contributed by atoms with van der Waals surface area (Å²) in [6.45, 7) is 8.83. The maximum Gasteiger partial charge on any atom is 0.324 e. The number of urea groups is 1. The van der Waals surface area contributed by atoms with Crippen molar-refractivity contribution in [3.63, 3.8) is 0 Å². The van der Waals surface area contributed by atoms with E-state index in [-0.39, 0.29) is 42.0 Å². The number of nitrogens with zero attached hydrogens (tertiary/aromatic N) is 10. The summed E-state index contributed by atoms with van der Waals surface area (Å²) in [5.74, 6) is -1.10. The van der Waals surface area contributed by atoms with Crippen LogP contribution >= 0.6 is 0 Å². The van der Waals surface area contributed by atoms with Crippen LogP contribution in [0.1, 0.15) is 69.7 Å². The number of imide groups is 1. The summed E-state index contributed by atoms with van der Waals surface area (Å²) in [4.78, 5) is 95.0. The number of para-hydroxylation sites is 1. The number of carbonyl (C=O) groups is 6. The molecule has 0 bridgehead atoms. The van der Waals surface area contributed by atoms with E-state index >= 15 is 0 Å². The van der Waals surface area contributed by atoms with Gasteiger partial charge in [-0.05, 0) is 92.6 Å². The van der Waals surface area contributed by atoms with Crippen LogP contribution in [0.4, 0.5) is 39.3 Å². The second-order valence-corrected chi connectivity index (χ2v) is 17.9. The minimum absolute atomic E-state index is 0.00304. The van der Waals surface area contributed by atoms with Gasteiger partial charge in [0.2, 0.25) is 11.9 Å². The summed E-state index contributed by atoms with van der Waals surface area (Å²) in [7, 11) is 1.45. The lowest BCUT2D eigenvalue weighted by Crippen LogP contribution is -2.50. The Morgan fingerprint density at radius 2 is 1.49 bits per heavy atom. The van der Waals surface area contributed by atoms with E-state index < -0.39 is 29.7 Å². The third kappa shape index (κ3) is 9.45. The van der Waals surface area contributed by atoms with Crippen molar-refractivity contribution in [1.29, 1.82) is 0 Å². The van der Waals surface area contributed by atoms with Crippen LogP contribution in [0.2, 0.25) is 0 Å². The number of piperidine rings is 2. The number of nitrogens with one attached hydrogen (secondary N) is 2. The number of likely N-dealkylation sites (N-methyl/N-ethyl adjacent to an activating group) is 1. The standard InChI is InChI=1S/C48H57N13O6/c1-50-44(64)40(10-6-28-62)61-45(65)38-16-15-36(29-39(38)46(61)66)56-20-17-32(18-21-56)30-55-22-24-57(25-23-55)34-13-11-33(12-14-34)51-43-41(42(49)63)53-54-47(52-43)58-19-5-9-37(31-58)60-27-26-59(48(60)67)35-7-3-2-4-8-35/h2-4,7-8,11-16,28-29,32,37,40H,5-6,9-10,17-27,30-31H2,1H3,(H2,49,63)(H,50,64)(H,51,52,54). The molecule has 67 heavy (non-hydrogen) atoms. The largest absolute Gasteiger partial charge is 0.371 e. The highest BCUT2D eigenvalue weighted by Gasteiger charge is 2.43. The van der Waals surface area contributed by atoms with Crippen LogP contribution in [0.3, 0.4) is 0 Å². The number of benzene rings is 3. The number of rotatable bonds is 15. The fourth-order valence-corrected chi connectivity index (χ4v) is 10.2. The molecule has 0 saturated carbocycles. The van der Waals surface area contributed by atoms with E-state index in [2.05, 4.69) is 47.7 Å². The minimum atomic E-state index is -1.04. The topological polar surface area (TPSA) is 214 Å². The van der Waals surface area contributed by atoms with Crippen LogP contribution in [0.15, 0.2) is 72.8 Å². The first-order valence-corrected chi connectivity index (χ1v) is 23.3. The predicted molar refractivity (Wildman–Crippen MR) is 253 cm³/mol. The summed E-state index contributed by atoms with van der Waals surface area (Å²) in [6.07, 6.45) is 4.54. The summed E-state index contributed by atoms with van der Waals surface area (Å²) in [5.41, 5.74) is 9.83. The van der Waals surface area contributed by atoms with E-state index in [1.165, 1.54) is 7.05 Å². The van der Waals surface area contributed by atoms with Crippen LogP contribution in [-0.4, -0.2) is 157 Å². The number of piperazine rings is 1. The maximum absolute atomic E-state index is 13.5. The molecule has 9 rings (SSSR count). The fraction of sp³-hybridized carbons (Fsp3) is 0.438. The molecule has 19 heteroatoms. The molecule has 350 valence electrons. The highest BCUT2D eigenvalue weighted by Crippen LogP contribution is 2.33. The van der Waals surface area contributed by atoms with Crippen LogP contribution < -0.4 is 36.0 Å². The molecule has 1 aromatic heterocycles. The molecular weight excluding hydrogens is 855 g/mol. The Bertz CT molecular complexity index is 2490. The zero-order valence-corrected chi connectivity index (χ0v) is 37.8. The Kier molecular flexibility index (Phi) is 13.3. The van der Waals surface area contributed by atoms with Crippen molar-refractivity contribution < 1.29 is 28.8 Å². The second kappa shape index (κ2) is 19.8. The second-order valence-electron chi connectivity index (χ2n) is 17.9. The fourth-order valence-electron chi connectivity index (χ4n) is 10.2. The number of nitrogens with two attached hydrogens (primary N) is 1. The number of fused-ring (bicyclic) bond motifs is 1. The average Bonchev–Trinajstić information content (AvgIpc) is 3.87. The number of carbonyl (C=O) groups excluding carboxylic acids is 6. The van der Waals surface area contributed by atoms with Gasteiger partial charge in [0, 0.05) is 108 Å². The molecule has 5 aliphatic rings. The minimum Gasteiger partial charge on any atom is -0.371 e. The third-order valence-electron chi connectivity index (χ3n) is 13.8. The Morgan fingerprint density at radius 3 is 2.21 bits per heavy atom. The van der Waals surface area contributed by atoms with Gasteiger partial charge in [0.05, 0.1) is 17.2 Å². The molecule has 6 heterocycles. The lowest BCUT2D eigenvalue weighted by molar-refractivity contribution is -0.124. The molecule has 0 aliphatic carbocycles. The van der Waals surface area contributed by atoms with Crippen LogP contribution in [0.25, 0.3) is 0 Å². The smallest absolute Gasteiger partial charge is 0.324 e. The van der Waals surface area contributed by atoms with Crippen molar-refractivity contribution in [2.24, 2.45) is 11.7 Å². The molecule has 3 aromatic carbocycles. The monoisotopic (exact) mass is 911 g/mol. The molecule has 2 unspecified atom stereocenters. The molecule has 2 atom stereocenters. The number of hydrogen-bond donors (Lipinski definition) is 3. The van der Waals surface area contributed by atoms with E-state index in [9.17, 15) is 28.8 Å². The molecule has 0 radical (unpaired) electrons. The van der Waals surface area contributed by atoms with Gasteiger partial charge in [0.15, 0.2) is 11.5 Å².